The molecule has 4 rings (SSSR count). The lowest BCUT2D eigenvalue weighted by Gasteiger charge is -2.34. The summed E-state index contributed by atoms with van der Waals surface area (Å²) in [6, 6.07) is 0. The Morgan fingerprint density at radius 3 is 2.54 bits per heavy atom. The molecule has 152 valence electrons. The smallest absolute Gasteiger partial charge is 0.251 e. The van der Waals surface area contributed by atoms with Crippen LogP contribution in [0.15, 0.2) is 0 Å². The molecule has 0 aliphatic carbocycles. The molecule has 0 aromatic carbocycles. The molecule has 0 radical (unpaired) electrons. The molecule has 3 aliphatic rings. The van der Waals surface area contributed by atoms with Crippen molar-refractivity contribution in [1.82, 2.24) is 19.8 Å². The van der Waals surface area contributed by atoms with Gasteiger partial charge in [0.1, 0.15) is 17.7 Å². The van der Waals surface area contributed by atoms with Gasteiger partial charge in [-0.15, -0.1) is 0 Å². The van der Waals surface area contributed by atoms with E-state index in [0.717, 1.165) is 68.1 Å². The Hall–Kier alpha value is -2.22. The van der Waals surface area contributed by atoms with Crippen molar-refractivity contribution in [3.8, 4) is 0 Å². The zero-order valence-electron chi connectivity index (χ0n) is 16.7. The lowest BCUT2D eigenvalue weighted by Crippen LogP contribution is -2.43. The highest BCUT2D eigenvalue weighted by Crippen LogP contribution is 2.31. The van der Waals surface area contributed by atoms with Gasteiger partial charge in [-0.1, -0.05) is 0 Å². The van der Waals surface area contributed by atoms with Gasteiger partial charge in [-0.05, 0) is 32.1 Å². The van der Waals surface area contributed by atoms with E-state index in [1.54, 1.807) is 6.92 Å². The van der Waals surface area contributed by atoms with Crippen LogP contribution in [0.5, 0.6) is 0 Å². The van der Waals surface area contributed by atoms with Crippen LogP contribution in [-0.2, 0) is 27.3 Å². The minimum absolute atomic E-state index is 0.0813. The van der Waals surface area contributed by atoms with Crippen LogP contribution in [0.3, 0.4) is 0 Å². The number of aromatic nitrogens is 2. The van der Waals surface area contributed by atoms with Gasteiger partial charge >= 0.3 is 0 Å². The van der Waals surface area contributed by atoms with Crippen LogP contribution in [0.4, 0.5) is 5.82 Å². The molecule has 28 heavy (non-hydrogen) atoms. The predicted molar refractivity (Wildman–Crippen MR) is 104 cm³/mol. The van der Waals surface area contributed by atoms with E-state index >= 15 is 0 Å². The van der Waals surface area contributed by atoms with E-state index in [1.807, 2.05) is 16.8 Å². The number of anilines is 1. The van der Waals surface area contributed by atoms with Gasteiger partial charge < -0.3 is 19.9 Å². The first-order valence-corrected chi connectivity index (χ1v) is 10.3. The summed E-state index contributed by atoms with van der Waals surface area (Å²) in [5, 5.41) is 3.21. The lowest BCUT2D eigenvalue weighted by molar-refractivity contribution is -0.142. The Morgan fingerprint density at radius 2 is 1.89 bits per heavy atom. The van der Waals surface area contributed by atoms with E-state index in [4.69, 9.17) is 14.7 Å². The van der Waals surface area contributed by atoms with E-state index in [9.17, 15) is 9.59 Å². The second-order valence-electron chi connectivity index (χ2n) is 7.90. The molecule has 2 amide bonds. The molecule has 0 bridgehead atoms. The zero-order valence-corrected chi connectivity index (χ0v) is 16.7. The molecule has 0 spiro atoms. The lowest BCUT2D eigenvalue weighted by atomic mass is 9.94. The maximum absolute atomic E-state index is 12.6. The van der Waals surface area contributed by atoms with Crippen molar-refractivity contribution >= 4 is 17.6 Å². The van der Waals surface area contributed by atoms with Gasteiger partial charge in [0.05, 0.1) is 12.2 Å². The summed E-state index contributed by atoms with van der Waals surface area (Å²) in [4.78, 5) is 37.7. The van der Waals surface area contributed by atoms with Gasteiger partial charge in [-0.2, -0.15) is 0 Å². The van der Waals surface area contributed by atoms with Gasteiger partial charge in [0.15, 0.2) is 0 Å². The molecule has 0 saturated carbocycles. The average Bonchev–Trinajstić information content (AvgIpc) is 3.27. The largest absolute Gasteiger partial charge is 0.373 e. The minimum atomic E-state index is -0.245. The summed E-state index contributed by atoms with van der Waals surface area (Å²) >= 11 is 0. The Balaban J connectivity index is 1.47. The monoisotopic (exact) mass is 387 g/mol. The predicted octanol–water partition coefficient (Wildman–Crippen LogP) is 1.31. The van der Waals surface area contributed by atoms with E-state index in [1.165, 1.54) is 0 Å². The average molecular weight is 387 g/mol. The maximum Gasteiger partial charge on any atom is 0.251 e. The third-order valence-electron chi connectivity index (χ3n) is 6.14. The SMILES string of the molecule is CNc1nc(C2CCN(C(=O)[C@@H]3CCCO3)CC2)nc2c1CCN(C(C)=O)C2. The Bertz CT molecular complexity index is 754. The third kappa shape index (κ3) is 3.70. The molecule has 2 fully saturated rings. The summed E-state index contributed by atoms with van der Waals surface area (Å²) < 4.78 is 5.54. The van der Waals surface area contributed by atoms with Crippen molar-refractivity contribution in [3.63, 3.8) is 0 Å². The topological polar surface area (TPSA) is 87.7 Å². The van der Waals surface area contributed by atoms with E-state index in [-0.39, 0.29) is 23.8 Å². The van der Waals surface area contributed by atoms with E-state index in [0.29, 0.717) is 19.7 Å². The first-order valence-electron chi connectivity index (χ1n) is 10.3. The van der Waals surface area contributed by atoms with E-state index in [2.05, 4.69) is 5.32 Å². The molecular weight excluding hydrogens is 358 g/mol. The normalized spacial score (nSPS) is 22.9. The highest BCUT2D eigenvalue weighted by Gasteiger charge is 2.33. The number of ether oxygens (including phenoxy) is 1. The summed E-state index contributed by atoms with van der Waals surface area (Å²) in [5.41, 5.74) is 2.07. The number of nitrogens with one attached hydrogen (secondary N) is 1. The minimum Gasteiger partial charge on any atom is -0.373 e. The second-order valence-corrected chi connectivity index (χ2v) is 7.90. The molecule has 1 aromatic rings. The standard InChI is InChI=1S/C20H29N5O3/c1-13(26)25-10-7-15-16(12-25)22-18(23-19(15)21-2)14-5-8-24(9-6-14)20(27)17-4-3-11-28-17/h14,17H,3-12H2,1-2H3,(H,21,22,23)/t17-/m0/s1. The molecular formula is C20H29N5O3. The van der Waals surface area contributed by atoms with Crippen LogP contribution in [0.25, 0.3) is 0 Å². The molecule has 3 aliphatic heterocycles. The second kappa shape index (κ2) is 8.03. The number of carbonyl (C=O) groups excluding carboxylic acids is 2. The number of piperidine rings is 1. The van der Waals surface area contributed by atoms with Crippen molar-refractivity contribution in [2.24, 2.45) is 0 Å². The van der Waals surface area contributed by atoms with Crippen molar-refractivity contribution in [3.05, 3.63) is 17.1 Å². The van der Waals surface area contributed by atoms with Crippen LogP contribution in [0, 0.1) is 0 Å². The first kappa shape index (κ1) is 19.1. The quantitative estimate of drug-likeness (QED) is 0.841. The van der Waals surface area contributed by atoms with Crippen LogP contribution in [0.2, 0.25) is 0 Å². The van der Waals surface area contributed by atoms with Crippen LogP contribution in [0.1, 0.15) is 55.6 Å². The summed E-state index contributed by atoms with van der Waals surface area (Å²) in [5.74, 6) is 2.16. The van der Waals surface area contributed by atoms with Gasteiger partial charge in [0.2, 0.25) is 5.91 Å². The number of likely N-dealkylation sites (tertiary alicyclic amines) is 1. The highest BCUT2D eigenvalue weighted by molar-refractivity contribution is 5.81. The Kier molecular flexibility index (Phi) is 5.48. The number of nitrogens with zero attached hydrogens (tertiary/aromatic N) is 4. The first-order chi connectivity index (χ1) is 13.6. The zero-order chi connectivity index (χ0) is 19.7. The van der Waals surface area contributed by atoms with Gasteiger partial charge in [-0.3, -0.25) is 9.59 Å². The maximum atomic E-state index is 12.6. The summed E-state index contributed by atoms with van der Waals surface area (Å²) in [6.45, 7) is 5.00. The Morgan fingerprint density at radius 1 is 1.11 bits per heavy atom. The fraction of sp³-hybridized carbons (Fsp3) is 0.700. The summed E-state index contributed by atoms with van der Waals surface area (Å²) in [7, 11) is 1.88. The van der Waals surface area contributed by atoms with Crippen molar-refractivity contribution in [1.29, 1.82) is 0 Å². The molecule has 4 heterocycles. The number of amides is 2. The van der Waals surface area contributed by atoms with Gasteiger partial charge in [0, 0.05) is 51.7 Å². The molecule has 1 atom stereocenters. The molecule has 1 N–H and O–H groups in total. The fourth-order valence-corrected chi connectivity index (χ4v) is 4.44. The number of fused-ring (bicyclic) bond motifs is 1. The van der Waals surface area contributed by atoms with Crippen molar-refractivity contribution in [2.75, 3.05) is 38.6 Å². The number of hydrogen-bond acceptors (Lipinski definition) is 6. The third-order valence-corrected chi connectivity index (χ3v) is 6.14. The highest BCUT2D eigenvalue weighted by atomic mass is 16.5. The van der Waals surface area contributed by atoms with Gasteiger partial charge in [0.25, 0.3) is 5.91 Å². The van der Waals surface area contributed by atoms with Crippen molar-refractivity contribution < 1.29 is 14.3 Å². The van der Waals surface area contributed by atoms with E-state index < -0.39 is 0 Å². The molecule has 8 nitrogen and oxygen atoms in total. The number of hydrogen-bond donors (Lipinski definition) is 1. The number of carbonyl (C=O) groups is 2. The molecule has 8 heteroatoms. The van der Waals surface area contributed by atoms with Crippen molar-refractivity contribution in [2.45, 2.75) is 57.6 Å². The molecule has 1 aromatic heterocycles. The van der Waals surface area contributed by atoms with Crippen LogP contribution >= 0.6 is 0 Å². The Labute approximate surface area is 165 Å². The molecule has 0 unspecified atom stereocenters. The number of rotatable bonds is 3. The van der Waals surface area contributed by atoms with Crippen LogP contribution < -0.4 is 5.32 Å². The van der Waals surface area contributed by atoms with Crippen LogP contribution in [-0.4, -0.2) is 71.0 Å². The molecule has 2 saturated heterocycles. The summed E-state index contributed by atoms with van der Waals surface area (Å²) in [6.07, 6.45) is 4.06. The fourth-order valence-electron chi connectivity index (χ4n) is 4.44. The van der Waals surface area contributed by atoms with Gasteiger partial charge in [-0.25, -0.2) is 9.97 Å².